The number of benzene rings is 3. The van der Waals surface area contributed by atoms with Crippen molar-refractivity contribution >= 4 is 5.97 Å². The fourth-order valence-corrected chi connectivity index (χ4v) is 2.72. The number of hydrogen-bond acceptors (Lipinski definition) is 3. The molecule has 4 nitrogen and oxygen atoms in total. The first kappa shape index (κ1) is 18.5. The van der Waals surface area contributed by atoms with Crippen molar-refractivity contribution in [3.63, 3.8) is 0 Å². The first-order valence-corrected chi connectivity index (χ1v) is 8.45. The van der Waals surface area contributed by atoms with Gasteiger partial charge < -0.3 is 14.6 Å². The lowest BCUT2D eigenvalue weighted by molar-refractivity contribution is -0.139. The molecule has 0 aliphatic rings. The summed E-state index contributed by atoms with van der Waals surface area (Å²) in [6.07, 6.45) is 0. The van der Waals surface area contributed by atoms with Gasteiger partial charge in [-0.2, -0.15) is 0 Å². The highest BCUT2D eigenvalue weighted by Gasteiger charge is 2.08. The molecule has 1 N–H and O–H groups in total. The zero-order chi connectivity index (χ0) is 19.2. The molecule has 0 aliphatic heterocycles. The van der Waals surface area contributed by atoms with E-state index in [-0.39, 0.29) is 12.4 Å². The minimum absolute atomic E-state index is 0.119. The minimum atomic E-state index is -1.16. The summed E-state index contributed by atoms with van der Waals surface area (Å²) in [6, 6.07) is 20.2. The van der Waals surface area contributed by atoms with Crippen LogP contribution in [0.15, 0.2) is 66.7 Å². The standard InChI is InChI=1S/C22H19FO4/c1-15-5-2-3-8-19(15)17-7-4-6-16(11-17)13-26-18-9-10-21(20(23)12-18)27-14-22(24)25/h2-12H,13-14H2,1H3,(H,24,25). The van der Waals surface area contributed by atoms with Crippen LogP contribution in [0.4, 0.5) is 4.39 Å². The number of aryl methyl sites for hydroxylation is 1. The molecule has 0 saturated carbocycles. The second-order valence-corrected chi connectivity index (χ2v) is 6.08. The average Bonchev–Trinajstić information content (AvgIpc) is 2.66. The van der Waals surface area contributed by atoms with Crippen molar-refractivity contribution in [2.75, 3.05) is 6.61 Å². The molecule has 0 aliphatic carbocycles. The number of carbonyl (C=O) groups is 1. The fourth-order valence-electron chi connectivity index (χ4n) is 2.72. The lowest BCUT2D eigenvalue weighted by atomic mass is 9.99. The van der Waals surface area contributed by atoms with Crippen LogP contribution < -0.4 is 9.47 Å². The van der Waals surface area contributed by atoms with Crippen molar-refractivity contribution in [1.29, 1.82) is 0 Å². The van der Waals surface area contributed by atoms with Crippen LogP contribution >= 0.6 is 0 Å². The second kappa shape index (κ2) is 8.36. The largest absolute Gasteiger partial charge is 0.489 e. The summed E-state index contributed by atoms with van der Waals surface area (Å²) in [5, 5.41) is 8.58. The van der Waals surface area contributed by atoms with Crippen LogP contribution in [0, 0.1) is 12.7 Å². The molecule has 0 atom stereocenters. The van der Waals surface area contributed by atoms with Crippen LogP contribution in [-0.4, -0.2) is 17.7 Å². The van der Waals surface area contributed by atoms with Gasteiger partial charge in [0.25, 0.3) is 0 Å². The van der Waals surface area contributed by atoms with E-state index in [2.05, 4.69) is 19.1 Å². The van der Waals surface area contributed by atoms with Crippen molar-refractivity contribution < 1.29 is 23.8 Å². The predicted molar refractivity (Wildman–Crippen MR) is 100 cm³/mol. The smallest absolute Gasteiger partial charge is 0.341 e. The monoisotopic (exact) mass is 366 g/mol. The van der Waals surface area contributed by atoms with Crippen molar-refractivity contribution in [2.45, 2.75) is 13.5 Å². The van der Waals surface area contributed by atoms with E-state index in [9.17, 15) is 9.18 Å². The molecule has 27 heavy (non-hydrogen) atoms. The Morgan fingerprint density at radius 1 is 1.00 bits per heavy atom. The molecule has 0 amide bonds. The van der Waals surface area contributed by atoms with Gasteiger partial charge in [0.15, 0.2) is 18.2 Å². The molecule has 0 radical (unpaired) electrons. The normalized spacial score (nSPS) is 10.4. The van der Waals surface area contributed by atoms with Crippen molar-refractivity contribution in [1.82, 2.24) is 0 Å². The quantitative estimate of drug-likeness (QED) is 0.650. The Labute approximate surface area is 156 Å². The zero-order valence-corrected chi connectivity index (χ0v) is 14.8. The topological polar surface area (TPSA) is 55.8 Å². The number of hydrogen-bond donors (Lipinski definition) is 1. The van der Waals surface area contributed by atoms with E-state index < -0.39 is 18.4 Å². The number of aliphatic carboxylic acids is 1. The summed E-state index contributed by atoms with van der Waals surface area (Å²) in [5.41, 5.74) is 4.40. The Morgan fingerprint density at radius 3 is 2.56 bits per heavy atom. The molecule has 0 bridgehead atoms. The molecular weight excluding hydrogens is 347 g/mol. The molecule has 0 fully saturated rings. The van der Waals surface area contributed by atoms with E-state index in [1.165, 1.54) is 17.7 Å². The zero-order valence-electron chi connectivity index (χ0n) is 14.8. The molecule has 3 aromatic carbocycles. The first-order chi connectivity index (χ1) is 13.0. The molecule has 0 unspecified atom stereocenters. The minimum Gasteiger partial charge on any atom is -0.489 e. The summed E-state index contributed by atoms with van der Waals surface area (Å²) >= 11 is 0. The number of carboxylic acid groups (broad SMARTS) is 1. The van der Waals surface area contributed by atoms with Crippen LogP contribution in [0.25, 0.3) is 11.1 Å². The summed E-state index contributed by atoms with van der Waals surface area (Å²) in [5.74, 6) is -1.60. The molecule has 0 aromatic heterocycles. The van der Waals surface area contributed by atoms with Gasteiger partial charge in [0.1, 0.15) is 12.4 Å². The molecule has 0 spiro atoms. The number of ether oxygens (including phenoxy) is 2. The van der Waals surface area contributed by atoms with Gasteiger partial charge in [0, 0.05) is 6.07 Å². The number of rotatable bonds is 7. The maximum atomic E-state index is 14.0. The molecule has 0 saturated heterocycles. The highest BCUT2D eigenvalue weighted by Crippen LogP contribution is 2.26. The van der Waals surface area contributed by atoms with E-state index >= 15 is 0 Å². The van der Waals surface area contributed by atoms with Crippen LogP contribution in [0.1, 0.15) is 11.1 Å². The van der Waals surface area contributed by atoms with Gasteiger partial charge in [0.05, 0.1) is 0 Å². The number of halogens is 1. The third-order valence-corrected chi connectivity index (χ3v) is 4.04. The van der Waals surface area contributed by atoms with E-state index in [0.29, 0.717) is 5.75 Å². The van der Waals surface area contributed by atoms with Gasteiger partial charge in [0.2, 0.25) is 0 Å². The van der Waals surface area contributed by atoms with Crippen molar-refractivity contribution in [2.24, 2.45) is 0 Å². The highest BCUT2D eigenvalue weighted by atomic mass is 19.1. The van der Waals surface area contributed by atoms with Crippen LogP contribution in [0.3, 0.4) is 0 Å². The Kier molecular flexibility index (Phi) is 5.71. The third-order valence-electron chi connectivity index (χ3n) is 4.04. The fraction of sp³-hybridized carbons (Fsp3) is 0.136. The maximum absolute atomic E-state index is 14.0. The van der Waals surface area contributed by atoms with E-state index in [1.54, 1.807) is 6.07 Å². The Balaban J connectivity index is 1.68. The molecule has 138 valence electrons. The van der Waals surface area contributed by atoms with E-state index in [0.717, 1.165) is 16.7 Å². The first-order valence-electron chi connectivity index (χ1n) is 8.45. The molecule has 3 rings (SSSR count). The van der Waals surface area contributed by atoms with Crippen LogP contribution in [0.2, 0.25) is 0 Å². The lowest BCUT2D eigenvalue weighted by Crippen LogP contribution is -2.10. The van der Waals surface area contributed by atoms with Gasteiger partial charge in [-0.1, -0.05) is 42.5 Å². The Morgan fingerprint density at radius 2 is 1.81 bits per heavy atom. The average molecular weight is 366 g/mol. The molecule has 5 heteroatoms. The summed E-state index contributed by atoms with van der Waals surface area (Å²) in [4.78, 5) is 10.5. The summed E-state index contributed by atoms with van der Waals surface area (Å²) < 4.78 is 24.5. The van der Waals surface area contributed by atoms with Gasteiger partial charge in [-0.3, -0.25) is 0 Å². The second-order valence-electron chi connectivity index (χ2n) is 6.08. The molecule has 0 heterocycles. The summed E-state index contributed by atoms with van der Waals surface area (Å²) in [6.45, 7) is 1.76. The van der Waals surface area contributed by atoms with E-state index in [1.807, 2.05) is 36.4 Å². The van der Waals surface area contributed by atoms with E-state index in [4.69, 9.17) is 14.6 Å². The predicted octanol–water partition coefficient (Wildman–Crippen LogP) is 4.84. The van der Waals surface area contributed by atoms with Gasteiger partial charge in [-0.15, -0.1) is 0 Å². The van der Waals surface area contributed by atoms with Crippen LogP contribution in [0.5, 0.6) is 11.5 Å². The lowest BCUT2D eigenvalue weighted by Gasteiger charge is -2.11. The van der Waals surface area contributed by atoms with Crippen molar-refractivity contribution in [3.8, 4) is 22.6 Å². The summed E-state index contributed by atoms with van der Waals surface area (Å²) in [7, 11) is 0. The Hall–Kier alpha value is -3.34. The van der Waals surface area contributed by atoms with Gasteiger partial charge >= 0.3 is 5.97 Å². The Bertz CT molecular complexity index is 953. The van der Waals surface area contributed by atoms with Crippen molar-refractivity contribution in [3.05, 3.63) is 83.7 Å². The SMILES string of the molecule is Cc1ccccc1-c1cccc(COc2ccc(OCC(=O)O)c(F)c2)c1. The highest BCUT2D eigenvalue weighted by molar-refractivity contribution is 5.68. The molecular formula is C22H19FO4. The van der Waals surface area contributed by atoms with Gasteiger partial charge in [-0.25, -0.2) is 9.18 Å². The van der Waals surface area contributed by atoms with Gasteiger partial charge in [-0.05, 0) is 47.4 Å². The third kappa shape index (κ3) is 4.85. The molecule has 3 aromatic rings. The maximum Gasteiger partial charge on any atom is 0.341 e. The number of carboxylic acids is 1. The van der Waals surface area contributed by atoms with Crippen LogP contribution in [-0.2, 0) is 11.4 Å².